The number of rotatable bonds is 4. The maximum Gasteiger partial charge on any atom is 0.334 e. The van der Waals surface area contributed by atoms with Gasteiger partial charge in [0.15, 0.2) is 0 Å². The van der Waals surface area contributed by atoms with Crippen LogP contribution in [-0.4, -0.2) is 42.0 Å². The summed E-state index contributed by atoms with van der Waals surface area (Å²) < 4.78 is 24.4. The first-order chi connectivity index (χ1) is 8.49. The van der Waals surface area contributed by atoms with Crippen LogP contribution in [0, 0.1) is 5.21 Å². The van der Waals surface area contributed by atoms with Crippen LogP contribution in [0.3, 0.4) is 0 Å². The second-order valence-electron chi connectivity index (χ2n) is 2.90. The van der Waals surface area contributed by atoms with Crippen molar-refractivity contribution in [3.63, 3.8) is 0 Å². The van der Waals surface area contributed by atoms with Crippen LogP contribution >= 0.6 is 22.7 Å². The van der Waals surface area contributed by atoms with E-state index in [1.165, 1.54) is 12.5 Å². The van der Waals surface area contributed by atoms with E-state index < -0.39 is 22.4 Å². The van der Waals surface area contributed by atoms with Crippen molar-refractivity contribution in [3.8, 4) is 0 Å². The summed E-state index contributed by atoms with van der Waals surface area (Å²) in [6, 6.07) is 0. The monoisotopic (exact) mass is 322 g/mol. The molecule has 11 heteroatoms. The molecule has 0 aliphatic heterocycles. The standard InChI is InChI=1S/C7H6N4O3S4/c1-11(12)4-3-8-5(15-4)18(14)7-10-9-6(16-7)17(2)13/h3H,1H2,2H3. The smallest absolute Gasteiger partial charge is 0.334 e. The van der Waals surface area contributed by atoms with Gasteiger partial charge in [-0.3, -0.25) is 0 Å². The Bertz CT molecular complexity index is 569. The van der Waals surface area contributed by atoms with Crippen LogP contribution in [-0.2, 0) is 22.4 Å². The van der Waals surface area contributed by atoms with E-state index in [2.05, 4.69) is 21.9 Å². The molecule has 0 fully saturated rings. The lowest BCUT2D eigenvalue weighted by atomic mass is 10.9. The molecule has 2 rings (SSSR count). The van der Waals surface area contributed by atoms with Crippen LogP contribution in [0.2, 0.25) is 0 Å². The van der Waals surface area contributed by atoms with Crippen LogP contribution in [0.4, 0.5) is 5.00 Å². The molecule has 0 aliphatic carbocycles. The molecular weight excluding hydrogens is 316 g/mol. The molecule has 2 unspecified atom stereocenters. The van der Waals surface area contributed by atoms with Crippen LogP contribution in [0.25, 0.3) is 0 Å². The van der Waals surface area contributed by atoms with Gasteiger partial charge in [0, 0.05) is 33.8 Å². The normalized spacial score (nSPS) is 14.4. The summed E-state index contributed by atoms with van der Waals surface area (Å²) in [5, 5.41) is 18.5. The van der Waals surface area contributed by atoms with Gasteiger partial charge in [-0.25, -0.2) is 0 Å². The van der Waals surface area contributed by atoms with Crippen LogP contribution in [0.1, 0.15) is 0 Å². The van der Waals surface area contributed by atoms with Crippen molar-refractivity contribution in [1.29, 1.82) is 0 Å². The molecule has 0 radical (unpaired) electrons. The highest BCUT2D eigenvalue weighted by atomic mass is 32.3. The highest BCUT2D eigenvalue weighted by molar-refractivity contribution is 7.96. The minimum absolute atomic E-state index is 0.211. The summed E-state index contributed by atoms with van der Waals surface area (Å²) >= 11 is -0.909. The van der Waals surface area contributed by atoms with Crippen molar-refractivity contribution in [3.05, 3.63) is 11.4 Å². The van der Waals surface area contributed by atoms with Crippen LogP contribution < -0.4 is 0 Å². The number of nitrogens with zero attached hydrogens (tertiary/aromatic N) is 4. The summed E-state index contributed by atoms with van der Waals surface area (Å²) in [5.74, 6) is 0. The quantitative estimate of drug-likeness (QED) is 0.270. The lowest BCUT2D eigenvalue weighted by Crippen LogP contribution is -2.00. The van der Waals surface area contributed by atoms with Gasteiger partial charge in [-0.2, -0.15) is 9.72 Å². The molecule has 0 aliphatic rings. The van der Waals surface area contributed by atoms with Gasteiger partial charge < -0.3 is 14.3 Å². The van der Waals surface area contributed by atoms with E-state index in [0.29, 0.717) is 9.08 Å². The predicted octanol–water partition coefficient (Wildman–Crippen LogP) is 0.741. The van der Waals surface area contributed by atoms with E-state index in [1.807, 2.05) is 0 Å². The predicted molar refractivity (Wildman–Crippen MR) is 69.4 cm³/mol. The zero-order valence-electron chi connectivity index (χ0n) is 8.93. The van der Waals surface area contributed by atoms with Gasteiger partial charge in [-0.05, 0) is 0 Å². The van der Waals surface area contributed by atoms with Crippen molar-refractivity contribution in [2.75, 3.05) is 6.26 Å². The topological polar surface area (TPSA) is 111 Å². The van der Waals surface area contributed by atoms with E-state index in [9.17, 15) is 14.3 Å². The number of aromatic nitrogens is 3. The number of thiazole rings is 1. The summed E-state index contributed by atoms with van der Waals surface area (Å²) in [6.45, 7) is 3.17. The van der Waals surface area contributed by atoms with Crippen molar-refractivity contribution in [1.82, 2.24) is 15.2 Å². The van der Waals surface area contributed by atoms with Gasteiger partial charge in [0.1, 0.15) is 19.2 Å². The highest BCUT2D eigenvalue weighted by Crippen LogP contribution is 2.31. The minimum atomic E-state index is -1.61. The van der Waals surface area contributed by atoms with E-state index in [1.54, 1.807) is 0 Å². The molecule has 7 nitrogen and oxygen atoms in total. The fraction of sp³-hybridized carbons (Fsp3) is 0.143. The molecule has 0 amide bonds. The average molecular weight is 322 g/mol. The molecule has 0 spiro atoms. The molecule has 96 valence electrons. The van der Waals surface area contributed by atoms with E-state index in [-0.39, 0.29) is 13.7 Å². The maximum atomic E-state index is 12.0. The minimum Gasteiger partial charge on any atom is -0.618 e. The van der Waals surface area contributed by atoms with Crippen molar-refractivity contribution in [2.24, 2.45) is 0 Å². The molecule has 2 heterocycles. The molecule has 2 atom stereocenters. The van der Waals surface area contributed by atoms with Gasteiger partial charge in [0.2, 0.25) is 0 Å². The van der Waals surface area contributed by atoms with Crippen molar-refractivity contribution in [2.45, 2.75) is 13.0 Å². The van der Waals surface area contributed by atoms with Gasteiger partial charge in [-0.1, -0.05) is 10.2 Å². The first-order valence-electron chi connectivity index (χ1n) is 4.31. The molecule has 2 aromatic rings. The summed E-state index contributed by atoms with van der Waals surface area (Å²) in [4.78, 5) is 3.87. The Kier molecular flexibility index (Phi) is 4.19. The second-order valence-corrected chi connectivity index (χ2v) is 8.27. The third-order valence-electron chi connectivity index (χ3n) is 1.67. The number of hydrogen-bond donors (Lipinski definition) is 0. The molecule has 2 aromatic heterocycles. The highest BCUT2D eigenvalue weighted by Gasteiger charge is 2.28. The fourth-order valence-electron chi connectivity index (χ4n) is 0.914. The first-order valence-corrected chi connectivity index (χ1v) is 8.65. The Morgan fingerprint density at radius 1 is 1.22 bits per heavy atom. The van der Waals surface area contributed by atoms with Crippen molar-refractivity contribution >= 4 is 56.7 Å². The Hall–Kier alpha value is -0.720. The first kappa shape index (κ1) is 13.7. The van der Waals surface area contributed by atoms with E-state index in [4.69, 9.17) is 0 Å². The molecular formula is C7H6N4O3S4. The lowest BCUT2D eigenvalue weighted by Gasteiger charge is -1.99. The van der Waals surface area contributed by atoms with Gasteiger partial charge in [0.25, 0.3) is 5.00 Å². The third-order valence-corrected chi connectivity index (χ3v) is 6.74. The molecule has 18 heavy (non-hydrogen) atoms. The Morgan fingerprint density at radius 3 is 2.39 bits per heavy atom. The Balaban J connectivity index is 2.23. The molecule has 0 bridgehead atoms. The average Bonchev–Trinajstić information content (AvgIpc) is 2.97. The van der Waals surface area contributed by atoms with Crippen molar-refractivity contribution < 1.29 is 13.8 Å². The van der Waals surface area contributed by atoms with Gasteiger partial charge in [-0.15, -0.1) is 0 Å². The van der Waals surface area contributed by atoms with E-state index >= 15 is 0 Å². The SMILES string of the molecule is C=[N+]([O-])c1cnc([S+]([O-])c2nnc([S+](C)[O-])s2)s1. The molecule has 0 saturated heterocycles. The zero-order valence-corrected chi connectivity index (χ0v) is 12.2. The largest absolute Gasteiger partial charge is 0.618 e. The van der Waals surface area contributed by atoms with Crippen LogP contribution in [0.5, 0.6) is 0 Å². The second kappa shape index (κ2) is 5.50. The fourth-order valence-corrected chi connectivity index (χ4v) is 4.88. The number of hydrogen-bond acceptors (Lipinski definition) is 8. The Morgan fingerprint density at radius 2 is 1.89 bits per heavy atom. The molecule has 0 aromatic carbocycles. The molecule has 0 N–H and O–H groups in total. The summed E-state index contributed by atoms with van der Waals surface area (Å²) in [7, 11) is 0. The summed E-state index contributed by atoms with van der Waals surface area (Å²) in [5.41, 5.74) is 0. The Labute approximate surface area is 116 Å². The third kappa shape index (κ3) is 2.81. The maximum absolute atomic E-state index is 12.0. The zero-order chi connectivity index (χ0) is 13.3. The molecule has 0 saturated carbocycles. The van der Waals surface area contributed by atoms with Crippen LogP contribution in [0.15, 0.2) is 19.2 Å². The van der Waals surface area contributed by atoms with Gasteiger partial charge >= 0.3 is 13.0 Å². The van der Waals surface area contributed by atoms with E-state index in [0.717, 1.165) is 22.7 Å². The summed E-state index contributed by atoms with van der Waals surface area (Å²) in [6.07, 6.45) is 2.75. The van der Waals surface area contributed by atoms with Gasteiger partial charge in [0.05, 0.1) is 11.2 Å². The lowest BCUT2D eigenvalue weighted by molar-refractivity contribution is -0.345.